The van der Waals surface area contributed by atoms with Crippen molar-refractivity contribution in [3.05, 3.63) is 53.4 Å². The minimum Gasteiger partial charge on any atom is -0.371 e. The molecule has 0 saturated carbocycles. The van der Waals surface area contributed by atoms with Crippen molar-refractivity contribution in [1.29, 1.82) is 0 Å². The van der Waals surface area contributed by atoms with E-state index in [2.05, 4.69) is 17.3 Å². The van der Waals surface area contributed by atoms with Crippen LogP contribution in [0.5, 0.6) is 0 Å². The number of aromatic nitrogens is 1. The quantitative estimate of drug-likeness (QED) is 0.856. The van der Waals surface area contributed by atoms with Gasteiger partial charge in [0.1, 0.15) is 0 Å². The summed E-state index contributed by atoms with van der Waals surface area (Å²) in [6, 6.07) is 9.81. The van der Waals surface area contributed by atoms with E-state index in [1.54, 1.807) is 18.0 Å². The van der Waals surface area contributed by atoms with Crippen molar-refractivity contribution < 1.29 is 14.1 Å². The maximum atomic E-state index is 12.1. The summed E-state index contributed by atoms with van der Waals surface area (Å²) in [6.45, 7) is 1.14. The second-order valence-electron chi connectivity index (χ2n) is 4.97. The largest absolute Gasteiger partial charge is 0.371 e. The van der Waals surface area contributed by atoms with Crippen LogP contribution in [-0.4, -0.2) is 35.7 Å². The zero-order valence-electron chi connectivity index (χ0n) is 11.3. The molecule has 20 heavy (non-hydrogen) atoms. The molecule has 5 nitrogen and oxygen atoms in total. The lowest BCUT2D eigenvalue weighted by Gasteiger charge is -2.28. The predicted octanol–water partition coefficient (Wildman–Crippen LogP) is 1.89. The predicted molar refractivity (Wildman–Crippen MR) is 72.2 cm³/mol. The van der Waals surface area contributed by atoms with Crippen molar-refractivity contribution in [2.24, 2.45) is 0 Å². The Bertz CT molecular complexity index is 595. The summed E-state index contributed by atoms with van der Waals surface area (Å²) in [5.41, 5.74) is 2.53. The first-order valence-electron chi connectivity index (χ1n) is 6.58. The van der Waals surface area contributed by atoms with Crippen LogP contribution in [0, 0.1) is 0 Å². The third-order valence-corrected chi connectivity index (χ3v) is 3.51. The first-order valence-corrected chi connectivity index (χ1v) is 6.58. The number of hydrogen-bond donors (Lipinski definition) is 0. The molecule has 1 atom stereocenters. The summed E-state index contributed by atoms with van der Waals surface area (Å²) in [7, 11) is 1.74. The number of carbonyl (C=O) groups excluding carboxylic acids is 1. The van der Waals surface area contributed by atoms with Gasteiger partial charge in [0.2, 0.25) is 5.76 Å². The summed E-state index contributed by atoms with van der Waals surface area (Å²) < 4.78 is 10.7. The van der Waals surface area contributed by atoms with Gasteiger partial charge in [-0.15, -0.1) is 0 Å². The van der Waals surface area contributed by atoms with E-state index < -0.39 is 0 Å². The molecule has 0 N–H and O–H groups in total. The van der Waals surface area contributed by atoms with Gasteiger partial charge in [0.25, 0.3) is 5.91 Å². The van der Waals surface area contributed by atoms with Gasteiger partial charge in [0.05, 0.1) is 18.9 Å². The van der Waals surface area contributed by atoms with Gasteiger partial charge in [-0.05, 0) is 11.1 Å². The second-order valence-corrected chi connectivity index (χ2v) is 4.97. The lowest BCUT2D eigenvalue weighted by atomic mass is 9.99. The van der Waals surface area contributed by atoms with Gasteiger partial charge in [-0.1, -0.05) is 29.4 Å². The molecule has 1 unspecified atom stereocenters. The monoisotopic (exact) mass is 272 g/mol. The molecule has 0 spiro atoms. The van der Waals surface area contributed by atoms with Crippen LogP contribution in [-0.2, 0) is 17.8 Å². The van der Waals surface area contributed by atoms with Gasteiger partial charge in [-0.2, -0.15) is 0 Å². The Morgan fingerprint density at radius 1 is 1.35 bits per heavy atom. The number of likely N-dealkylation sites (N-methyl/N-ethyl adjacent to an activating group) is 1. The van der Waals surface area contributed by atoms with Crippen LogP contribution in [0.2, 0.25) is 0 Å². The standard InChI is InChI=1S/C15H16N2O3/c1-17(15(18)14-6-7-16-20-14)9-13-8-11-4-2-3-5-12(11)10-19-13/h2-7,13H,8-10H2,1H3. The van der Waals surface area contributed by atoms with Gasteiger partial charge < -0.3 is 14.2 Å². The fraction of sp³-hybridized carbons (Fsp3) is 0.333. The highest BCUT2D eigenvalue weighted by Crippen LogP contribution is 2.21. The van der Waals surface area contributed by atoms with Crippen LogP contribution >= 0.6 is 0 Å². The summed E-state index contributed by atoms with van der Waals surface area (Å²) in [5.74, 6) is 0.0775. The molecular weight excluding hydrogens is 256 g/mol. The minimum absolute atomic E-state index is 0.0155. The Balaban J connectivity index is 1.63. The van der Waals surface area contributed by atoms with Crippen molar-refractivity contribution in [3.63, 3.8) is 0 Å². The third-order valence-electron chi connectivity index (χ3n) is 3.51. The Kier molecular flexibility index (Phi) is 3.52. The normalized spacial score (nSPS) is 17.6. The topological polar surface area (TPSA) is 55.6 Å². The molecule has 0 saturated heterocycles. The molecule has 1 aromatic carbocycles. The highest BCUT2D eigenvalue weighted by atomic mass is 16.5. The number of fused-ring (bicyclic) bond motifs is 1. The molecule has 0 bridgehead atoms. The molecule has 3 rings (SSSR count). The molecule has 1 aliphatic rings. The molecule has 1 aliphatic heterocycles. The Morgan fingerprint density at radius 2 is 2.15 bits per heavy atom. The van der Waals surface area contributed by atoms with Gasteiger partial charge in [-0.3, -0.25) is 4.79 Å². The Hall–Kier alpha value is -2.14. The molecule has 104 valence electrons. The zero-order chi connectivity index (χ0) is 13.9. The third kappa shape index (κ3) is 2.58. The summed E-state index contributed by atoms with van der Waals surface area (Å²) in [5, 5.41) is 3.55. The lowest BCUT2D eigenvalue weighted by Crippen LogP contribution is -2.38. The average molecular weight is 272 g/mol. The average Bonchev–Trinajstić information content (AvgIpc) is 3.00. The van der Waals surface area contributed by atoms with Gasteiger partial charge in [0.15, 0.2) is 0 Å². The van der Waals surface area contributed by atoms with E-state index in [9.17, 15) is 4.79 Å². The number of hydrogen-bond acceptors (Lipinski definition) is 4. The van der Waals surface area contributed by atoms with Gasteiger partial charge in [-0.25, -0.2) is 0 Å². The Labute approximate surface area is 117 Å². The van der Waals surface area contributed by atoms with Gasteiger partial charge >= 0.3 is 0 Å². The van der Waals surface area contributed by atoms with E-state index in [1.165, 1.54) is 17.3 Å². The molecule has 0 radical (unpaired) electrons. The van der Waals surface area contributed by atoms with Crippen molar-refractivity contribution in [2.75, 3.05) is 13.6 Å². The summed E-state index contributed by atoms with van der Waals surface area (Å²) in [4.78, 5) is 13.7. The summed E-state index contributed by atoms with van der Waals surface area (Å²) in [6.07, 6.45) is 2.31. The molecule has 0 aliphatic carbocycles. The number of carbonyl (C=O) groups is 1. The van der Waals surface area contributed by atoms with Crippen LogP contribution in [0.1, 0.15) is 21.7 Å². The van der Waals surface area contributed by atoms with Crippen LogP contribution in [0.4, 0.5) is 0 Å². The molecule has 5 heteroatoms. The molecule has 2 aromatic rings. The second kappa shape index (κ2) is 5.46. The highest BCUT2D eigenvalue weighted by Gasteiger charge is 2.23. The van der Waals surface area contributed by atoms with E-state index >= 15 is 0 Å². The Morgan fingerprint density at radius 3 is 2.90 bits per heavy atom. The van der Waals surface area contributed by atoms with E-state index in [0.717, 1.165) is 6.42 Å². The van der Waals surface area contributed by atoms with Crippen LogP contribution < -0.4 is 0 Å². The van der Waals surface area contributed by atoms with Crippen molar-refractivity contribution >= 4 is 5.91 Å². The van der Waals surface area contributed by atoms with Crippen molar-refractivity contribution in [2.45, 2.75) is 19.1 Å². The van der Waals surface area contributed by atoms with E-state index in [0.29, 0.717) is 13.2 Å². The first-order chi connectivity index (χ1) is 9.74. The first kappa shape index (κ1) is 12.9. The number of ether oxygens (including phenoxy) is 1. The summed E-state index contributed by atoms with van der Waals surface area (Å²) >= 11 is 0. The van der Waals surface area contributed by atoms with E-state index in [4.69, 9.17) is 9.26 Å². The molecule has 0 fully saturated rings. The number of benzene rings is 1. The fourth-order valence-electron chi connectivity index (χ4n) is 2.43. The lowest BCUT2D eigenvalue weighted by molar-refractivity contribution is 0.00902. The maximum Gasteiger partial charge on any atom is 0.292 e. The number of rotatable bonds is 3. The minimum atomic E-state index is -0.176. The van der Waals surface area contributed by atoms with E-state index in [1.807, 2.05) is 12.1 Å². The smallest absolute Gasteiger partial charge is 0.292 e. The van der Waals surface area contributed by atoms with Crippen LogP contribution in [0.25, 0.3) is 0 Å². The molecular formula is C15H16N2O3. The van der Waals surface area contributed by atoms with Crippen LogP contribution in [0.3, 0.4) is 0 Å². The molecule has 1 amide bonds. The highest BCUT2D eigenvalue weighted by molar-refractivity contribution is 5.91. The zero-order valence-corrected chi connectivity index (χ0v) is 11.3. The van der Waals surface area contributed by atoms with Crippen molar-refractivity contribution in [3.8, 4) is 0 Å². The SMILES string of the molecule is CN(CC1Cc2ccccc2CO1)C(=O)c1ccno1. The molecule has 2 heterocycles. The van der Waals surface area contributed by atoms with Crippen LogP contribution in [0.15, 0.2) is 41.1 Å². The number of amides is 1. The maximum absolute atomic E-state index is 12.1. The fourth-order valence-corrected chi connectivity index (χ4v) is 2.43. The van der Waals surface area contributed by atoms with Gasteiger partial charge in [0, 0.05) is 26.1 Å². The number of nitrogens with zero attached hydrogens (tertiary/aromatic N) is 2. The van der Waals surface area contributed by atoms with Crippen molar-refractivity contribution in [1.82, 2.24) is 10.1 Å². The van der Waals surface area contributed by atoms with E-state index in [-0.39, 0.29) is 17.8 Å². The molecule has 1 aromatic heterocycles.